The third-order valence-corrected chi connectivity index (χ3v) is 3.17. The van der Waals surface area contributed by atoms with Gasteiger partial charge in [-0.05, 0) is 24.8 Å². The van der Waals surface area contributed by atoms with Crippen LogP contribution in [0.1, 0.15) is 31.7 Å². The van der Waals surface area contributed by atoms with Gasteiger partial charge in [-0.2, -0.15) is 0 Å². The summed E-state index contributed by atoms with van der Waals surface area (Å²) in [5, 5.41) is 0. The molecular formula is C16H21NO. The summed E-state index contributed by atoms with van der Waals surface area (Å²) in [6.07, 6.45) is 7.37. The van der Waals surface area contributed by atoms with Crippen molar-refractivity contribution in [3.05, 3.63) is 42.0 Å². The molecule has 1 fully saturated rings. The van der Waals surface area contributed by atoms with Crippen LogP contribution in [0.2, 0.25) is 0 Å². The van der Waals surface area contributed by atoms with E-state index >= 15 is 0 Å². The molecule has 18 heavy (non-hydrogen) atoms. The van der Waals surface area contributed by atoms with Crippen molar-refractivity contribution in [2.24, 2.45) is 5.92 Å². The van der Waals surface area contributed by atoms with Gasteiger partial charge in [0.25, 0.3) is 0 Å². The molecule has 1 aliphatic carbocycles. The van der Waals surface area contributed by atoms with Crippen molar-refractivity contribution in [3.8, 4) is 0 Å². The largest absolute Gasteiger partial charge is 0.339 e. The number of hydrogen-bond donors (Lipinski definition) is 0. The Morgan fingerprint density at radius 2 is 2.06 bits per heavy atom. The SMILES string of the molecule is CCCN(C/C=C\c1ccccc1)C(=O)C1CC1. The van der Waals surface area contributed by atoms with Gasteiger partial charge in [0.05, 0.1) is 0 Å². The normalized spacial score (nSPS) is 14.9. The molecule has 0 bridgehead atoms. The minimum atomic E-state index is 0.321. The monoisotopic (exact) mass is 243 g/mol. The summed E-state index contributed by atoms with van der Waals surface area (Å²) in [7, 11) is 0. The van der Waals surface area contributed by atoms with E-state index in [1.165, 1.54) is 5.56 Å². The Bertz CT molecular complexity index is 406. The summed E-state index contributed by atoms with van der Waals surface area (Å²) in [5.74, 6) is 0.663. The topological polar surface area (TPSA) is 20.3 Å². The van der Waals surface area contributed by atoms with Gasteiger partial charge in [-0.15, -0.1) is 0 Å². The second-order valence-electron chi connectivity index (χ2n) is 4.87. The summed E-state index contributed by atoms with van der Waals surface area (Å²) < 4.78 is 0. The van der Waals surface area contributed by atoms with Gasteiger partial charge in [-0.1, -0.05) is 49.4 Å². The van der Waals surface area contributed by atoms with Crippen molar-refractivity contribution in [1.29, 1.82) is 0 Å². The fourth-order valence-electron chi connectivity index (χ4n) is 2.03. The van der Waals surface area contributed by atoms with E-state index < -0.39 is 0 Å². The summed E-state index contributed by atoms with van der Waals surface area (Å²) in [4.78, 5) is 14.0. The van der Waals surface area contributed by atoms with Gasteiger partial charge in [-0.25, -0.2) is 0 Å². The van der Waals surface area contributed by atoms with E-state index in [2.05, 4.69) is 31.2 Å². The van der Waals surface area contributed by atoms with Gasteiger partial charge in [0, 0.05) is 19.0 Å². The molecule has 1 amide bonds. The van der Waals surface area contributed by atoms with Crippen LogP contribution in [0.25, 0.3) is 6.08 Å². The number of hydrogen-bond acceptors (Lipinski definition) is 1. The van der Waals surface area contributed by atoms with Crippen LogP contribution in [0.4, 0.5) is 0 Å². The fraction of sp³-hybridized carbons (Fsp3) is 0.438. The zero-order chi connectivity index (χ0) is 12.8. The summed E-state index contributed by atoms with van der Waals surface area (Å²) in [5.41, 5.74) is 1.19. The highest BCUT2D eigenvalue weighted by atomic mass is 16.2. The summed E-state index contributed by atoms with van der Waals surface area (Å²) >= 11 is 0. The molecule has 2 nitrogen and oxygen atoms in total. The third kappa shape index (κ3) is 3.73. The number of nitrogens with zero attached hydrogens (tertiary/aromatic N) is 1. The lowest BCUT2D eigenvalue weighted by atomic mass is 10.2. The van der Waals surface area contributed by atoms with Crippen molar-refractivity contribution < 1.29 is 4.79 Å². The van der Waals surface area contributed by atoms with Crippen LogP contribution in [0.3, 0.4) is 0 Å². The lowest BCUT2D eigenvalue weighted by Gasteiger charge is -2.20. The smallest absolute Gasteiger partial charge is 0.225 e. The van der Waals surface area contributed by atoms with Crippen LogP contribution in [0.5, 0.6) is 0 Å². The van der Waals surface area contributed by atoms with Crippen LogP contribution in [-0.4, -0.2) is 23.9 Å². The maximum Gasteiger partial charge on any atom is 0.225 e. The molecule has 1 aromatic carbocycles. The molecule has 0 N–H and O–H groups in total. The molecule has 0 aromatic heterocycles. The first-order chi connectivity index (χ1) is 8.81. The van der Waals surface area contributed by atoms with Crippen LogP contribution in [-0.2, 0) is 4.79 Å². The van der Waals surface area contributed by atoms with E-state index in [0.717, 1.165) is 32.4 Å². The Balaban J connectivity index is 1.88. The lowest BCUT2D eigenvalue weighted by molar-refractivity contribution is -0.132. The van der Waals surface area contributed by atoms with Gasteiger partial charge < -0.3 is 4.90 Å². The van der Waals surface area contributed by atoms with Gasteiger partial charge in [0.15, 0.2) is 0 Å². The van der Waals surface area contributed by atoms with E-state index in [4.69, 9.17) is 0 Å². The maximum atomic E-state index is 12.0. The van der Waals surface area contributed by atoms with Gasteiger partial charge in [0.2, 0.25) is 5.91 Å². The second kappa shape index (κ2) is 6.39. The molecule has 1 aliphatic rings. The molecule has 0 heterocycles. The standard InChI is InChI=1S/C16H21NO/c1-2-12-17(16(18)15-10-11-15)13-6-9-14-7-4-3-5-8-14/h3-9,15H,2,10-13H2,1H3/b9-6-. The molecule has 0 aliphatic heterocycles. The fourth-order valence-corrected chi connectivity index (χ4v) is 2.03. The lowest BCUT2D eigenvalue weighted by Crippen LogP contribution is -2.33. The Kier molecular flexibility index (Phi) is 4.57. The van der Waals surface area contributed by atoms with Crippen molar-refractivity contribution in [2.45, 2.75) is 26.2 Å². The second-order valence-corrected chi connectivity index (χ2v) is 4.87. The van der Waals surface area contributed by atoms with Gasteiger partial charge in [-0.3, -0.25) is 4.79 Å². The highest BCUT2D eigenvalue weighted by molar-refractivity contribution is 5.81. The third-order valence-electron chi connectivity index (χ3n) is 3.17. The molecular weight excluding hydrogens is 222 g/mol. The highest BCUT2D eigenvalue weighted by Crippen LogP contribution is 2.31. The van der Waals surface area contributed by atoms with Crippen LogP contribution < -0.4 is 0 Å². The van der Waals surface area contributed by atoms with E-state index in [9.17, 15) is 4.79 Å². The molecule has 1 aromatic rings. The quantitative estimate of drug-likeness (QED) is 0.750. The molecule has 0 radical (unpaired) electrons. The molecule has 0 atom stereocenters. The summed E-state index contributed by atoms with van der Waals surface area (Å²) in [6, 6.07) is 10.2. The first-order valence-electron chi connectivity index (χ1n) is 6.81. The molecule has 96 valence electrons. The van der Waals surface area contributed by atoms with Gasteiger partial charge >= 0.3 is 0 Å². The average Bonchev–Trinajstić information content (AvgIpc) is 3.22. The van der Waals surface area contributed by atoms with Gasteiger partial charge in [0.1, 0.15) is 0 Å². The average molecular weight is 243 g/mol. The van der Waals surface area contributed by atoms with Crippen molar-refractivity contribution in [1.82, 2.24) is 4.90 Å². The minimum absolute atomic E-state index is 0.321. The first-order valence-corrected chi connectivity index (χ1v) is 6.81. The molecule has 2 heteroatoms. The molecule has 0 saturated heterocycles. The molecule has 2 rings (SSSR count). The number of carbonyl (C=O) groups is 1. The van der Waals surface area contributed by atoms with Crippen LogP contribution in [0.15, 0.2) is 36.4 Å². The number of rotatable bonds is 6. The van der Waals surface area contributed by atoms with Crippen molar-refractivity contribution >= 4 is 12.0 Å². The van der Waals surface area contributed by atoms with Crippen molar-refractivity contribution in [2.75, 3.05) is 13.1 Å². The Morgan fingerprint density at radius 1 is 1.33 bits per heavy atom. The molecule has 0 unspecified atom stereocenters. The minimum Gasteiger partial charge on any atom is -0.339 e. The Labute approximate surface area is 109 Å². The molecule has 0 spiro atoms. The molecule has 1 saturated carbocycles. The Morgan fingerprint density at radius 3 is 2.67 bits per heavy atom. The van der Waals surface area contributed by atoms with Crippen LogP contribution >= 0.6 is 0 Å². The number of amides is 1. The predicted molar refractivity (Wildman–Crippen MR) is 75.1 cm³/mol. The van der Waals surface area contributed by atoms with E-state index in [1.54, 1.807) is 0 Å². The van der Waals surface area contributed by atoms with E-state index in [1.807, 2.05) is 23.1 Å². The first kappa shape index (κ1) is 12.9. The van der Waals surface area contributed by atoms with E-state index in [0.29, 0.717) is 11.8 Å². The maximum absolute atomic E-state index is 12.0. The summed E-state index contributed by atoms with van der Waals surface area (Å²) in [6.45, 7) is 3.72. The van der Waals surface area contributed by atoms with E-state index in [-0.39, 0.29) is 0 Å². The zero-order valence-electron chi connectivity index (χ0n) is 11.0. The number of benzene rings is 1. The zero-order valence-corrected chi connectivity index (χ0v) is 11.0. The number of carbonyl (C=O) groups excluding carboxylic acids is 1. The van der Waals surface area contributed by atoms with Crippen molar-refractivity contribution in [3.63, 3.8) is 0 Å². The highest BCUT2D eigenvalue weighted by Gasteiger charge is 2.32. The van der Waals surface area contributed by atoms with Crippen LogP contribution in [0, 0.1) is 5.92 Å². The Hall–Kier alpha value is -1.57. The predicted octanol–water partition coefficient (Wildman–Crippen LogP) is 3.35.